The third-order valence-corrected chi connectivity index (χ3v) is 2.85. The van der Waals surface area contributed by atoms with Crippen LogP contribution in [-0.4, -0.2) is 13.1 Å². The molecule has 0 amide bonds. The Balaban J connectivity index is 0.00000242. The minimum absolute atomic E-state index is 0. The summed E-state index contributed by atoms with van der Waals surface area (Å²) in [5.74, 6) is -0.849. The van der Waals surface area contributed by atoms with Crippen LogP contribution in [0.2, 0.25) is 0 Å². The van der Waals surface area contributed by atoms with Crippen LogP contribution in [0.15, 0.2) is 60.4 Å². The van der Waals surface area contributed by atoms with Crippen molar-refractivity contribution in [2.24, 2.45) is 0 Å². The van der Waals surface area contributed by atoms with E-state index in [-0.39, 0.29) is 63.9 Å². The summed E-state index contributed by atoms with van der Waals surface area (Å²) in [7, 11) is 1.29. The molecule has 0 bridgehead atoms. The zero-order valence-electron chi connectivity index (χ0n) is 12.6. The topological polar surface area (TPSA) is 58.6 Å². The van der Waals surface area contributed by atoms with Gasteiger partial charge in [-0.05, 0) is 29.3 Å². The van der Waals surface area contributed by atoms with Crippen molar-refractivity contribution in [2.75, 3.05) is 7.11 Å². The van der Waals surface area contributed by atoms with Gasteiger partial charge in [-0.1, -0.05) is 42.5 Å². The molecule has 5 heteroatoms. The van der Waals surface area contributed by atoms with Crippen LogP contribution in [0.3, 0.4) is 0 Å². The molecule has 0 aromatic heterocycles. The van der Waals surface area contributed by atoms with Gasteiger partial charge in [0.05, 0.1) is 7.11 Å². The molecule has 0 aliphatic heterocycles. The van der Waals surface area contributed by atoms with Gasteiger partial charge in [0.25, 0.3) is 0 Å². The first-order chi connectivity index (χ1) is 10.2. The molecule has 22 heavy (non-hydrogen) atoms. The third kappa shape index (κ3) is 6.05. The average molecular weight is 369 g/mol. The minimum Gasteiger partial charge on any atom is -0.542 e. The van der Waals surface area contributed by atoms with Crippen LogP contribution in [0.1, 0.15) is 11.1 Å². The zero-order chi connectivity index (χ0) is 15.1. The van der Waals surface area contributed by atoms with Crippen molar-refractivity contribution in [3.63, 3.8) is 0 Å². The standard InChI is InChI=1S/C17H16O4.Rb/c1-20-16(17(18)19)11-13-7-9-15(10-8-13)21-12-14-5-3-2-4-6-14;/h2-11H,12H2,1H3,(H,18,19);/q;+1/p-1. The molecule has 0 fully saturated rings. The second-order valence-electron chi connectivity index (χ2n) is 4.34. The SMILES string of the molecule is COC(=Cc1ccc(OCc2ccccc2)cc1)C(=O)[O-].[Rb+]. The fraction of sp³-hybridized carbons (Fsp3) is 0.118. The number of hydrogen-bond donors (Lipinski definition) is 0. The maximum Gasteiger partial charge on any atom is 1.00 e. The molecule has 108 valence electrons. The first-order valence-electron chi connectivity index (χ1n) is 6.43. The van der Waals surface area contributed by atoms with E-state index in [2.05, 4.69) is 0 Å². The van der Waals surface area contributed by atoms with E-state index in [0.717, 1.165) is 5.56 Å². The van der Waals surface area contributed by atoms with Crippen molar-refractivity contribution in [3.05, 3.63) is 71.5 Å². The van der Waals surface area contributed by atoms with E-state index in [9.17, 15) is 9.90 Å². The summed E-state index contributed by atoms with van der Waals surface area (Å²) in [5, 5.41) is 10.7. The summed E-state index contributed by atoms with van der Waals surface area (Å²) in [6.45, 7) is 0.485. The number of hydrogen-bond acceptors (Lipinski definition) is 4. The molecule has 0 aliphatic carbocycles. The molecule has 0 heterocycles. The number of carbonyl (C=O) groups excluding carboxylic acids is 1. The first kappa shape index (κ1) is 19.1. The molecular weight excluding hydrogens is 354 g/mol. The van der Waals surface area contributed by atoms with Gasteiger partial charge in [0.1, 0.15) is 24.1 Å². The Morgan fingerprint density at radius 2 is 1.73 bits per heavy atom. The third-order valence-electron chi connectivity index (χ3n) is 2.85. The van der Waals surface area contributed by atoms with Crippen molar-refractivity contribution < 1.29 is 77.6 Å². The fourth-order valence-corrected chi connectivity index (χ4v) is 1.75. The number of carbonyl (C=O) groups is 1. The Hall–Kier alpha value is -0.945. The Labute approximate surface area is 178 Å². The summed E-state index contributed by atoms with van der Waals surface area (Å²) in [6.07, 6.45) is 1.40. The normalized spacial score (nSPS) is 10.5. The molecule has 2 aromatic carbocycles. The minimum atomic E-state index is -1.35. The van der Waals surface area contributed by atoms with E-state index in [1.54, 1.807) is 24.3 Å². The van der Waals surface area contributed by atoms with Gasteiger partial charge in [0.2, 0.25) is 0 Å². The van der Waals surface area contributed by atoms with Gasteiger partial charge < -0.3 is 19.4 Å². The molecule has 0 saturated heterocycles. The van der Waals surface area contributed by atoms with Gasteiger partial charge in [0.15, 0.2) is 0 Å². The van der Waals surface area contributed by atoms with Gasteiger partial charge in [-0.2, -0.15) is 0 Å². The maximum atomic E-state index is 10.7. The number of rotatable bonds is 6. The molecule has 0 radical (unpaired) electrons. The molecule has 0 saturated carbocycles. The Kier molecular flexibility index (Phi) is 8.64. The summed E-state index contributed by atoms with van der Waals surface area (Å²) in [5.41, 5.74) is 1.78. The zero-order valence-corrected chi connectivity index (χ0v) is 17.5. The van der Waals surface area contributed by atoms with E-state index in [1.165, 1.54) is 13.2 Å². The van der Waals surface area contributed by atoms with Crippen LogP contribution < -0.4 is 68.0 Å². The Bertz CT molecular complexity index is 621. The molecule has 0 atom stereocenters. The smallest absolute Gasteiger partial charge is 0.542 e. The van der Waals surface area contributed by atoms with Crippen LogP contribution in [0.4, 0.5) is 0 Å². The quantitative estimate of drug-likeness (QED) is 0.485. The summed E-state index contributed by atoms with van der Waals surface area (Å²) in [6, 6.07) is 16.9. The van der Waals surface area contributed by atoms with E-state index in [1.807, 2.05) is 30.3 Å². The van der Waals surface area contributed by atoms with E-state index in [4.69, 9.17) is 9.47 Å². The largest absolute Gasteiger partial charge is 1.00 e. The number of benzene rings is 2. The summed E-state index contributed by atoms with van der Waals surface area (Å²) < 4.78 is 10.4. The predicted octanol–water partition coefficient (Wildman–Crippen LogP) is -0.993. The fourth-order valence-electron chi connectivity index (χ4n) is 1.75. The number of ether oxygens (including phenoxy) is 2. The van der Waals surface area contributed by atoms with Gasteiger partial charge >= 0.3 is 58.2 Å². The Morgan fingerprint density at radius 1 is 1.09 bits per heavy atom. The van der Waals surface area contributed by atoms with Gasteiger partial charge in [-0.15, -0.1) is 0 Å². The van der Waals surface area contributed by atoms with Crippen molar-refractivity contribution >= 4 is 12.0 Å². The van der Waals surface area contributed by atoms with Crippen molar-refractivity contribution in [1.82, 2.24) is 0 Å². The van der Waals surface area contributed by atoms with Crippen LogP contribution in [0.5, 0.6) is 5.75 Å². The van der Waals surface area contributed by atoms with E-state index < -0.39 is 5.97 Å². The molecule has 2 aromatic rings. The van der Waals surface area contributed by atoms with Crippen LogP contribution in [0, 0.1) is 0 Å². The number of carboxylic acids is 1. The second-order valence-corrected chi connectivity index (χ2v) is 4.34. The van der Waals surface area contributed by atoms with Crippen molar-refractivity contribution in [2.45, 2.75) is 6.61 Å². The van der Waals surface area contributed by atoms with Gasteiger partial charge in [-0.25, -0.2) is 0 Å². The van der Waals surface area contributed by atoms with E-state index >= 15 is 0 Å². The summed E-state index contributed by atoms with van der Waals surface area (Å²) >= 11 is 0. The molecular formula is C17H15O4Rb. The number of methoxy groups -OCH3 is 1. The molecule has 0 N–H and O–H groups in total. The van der Waals surface area contributed by atoms with E-state index in [0.29, 0.717) is 17.9 Å². The molecule has 0 spiro atoms. The molecule has 0 aliphatic rings. The monoisotopic (exact) mass is 368 g/mol. The first-order valence-corrected chi connectivity index (χ1v) is 6.43. The number of aliphatic carboxylic acids is 1. The average Bonchev–Trinajstić information content (AvgIpc) is 2.52. The van der Waals surface area contributed by atoms with Crippen molar-refractivity contribution in [1.29, 1.82) is 0 Å². The maximum absolute atomic E-state index is 10.7. The molecule has 2 rings (SSSR count). The molecule has 4 nitrogen and oxygen atoms in total. The second kappa shape index (κ2) is 9.95. The van der Waals surface area contributed by atoms with Crippen LogP contribution >= 0.6 is 0 Å². The predicted molar refractivity (Wildman–Crippen MR) is 77.2 cm³/mol. The van der Waals surface area contributed by atoms with Crippen molar-refractivity contribution in [3.8, 4) is 5.75 Å². The Morgan fingerprint density at radius 3 is 2.27 bits per heavy atom. The van der Waals surface area contributed by atoms with Gasteiger partial charge in [-0.3, -0.25) is 0 Å². The summed E-state index contributed by atoms with van der Waals surface area (Å²) in [4.78, 5) is 10.7. The molecule has 0 unspecified atom stereocenters. The van der Waals surface area contributed by atoms with Crippen LogP contribution in [0.25, 0.3) is 6.08 Å². The van der Waals surface area contributed by atoms with Gasteiger partial charge in [0, 0.05) is 0 Å². The van der Waals surface area contributed by atoms with Crippen LogP contribution in [-0.2, 0) is 16.1 Å². The number of carboxylic acid groups (broad SMARTS) is 1.